The molecular weight excluding hydrogens is 387 g/mol. The molecule has 1 N–H and O–H groups in total. The lowest BCUT2D eigenvalue weighted by Crippen LogP contribution is -2.46. The second kappa shape index (κ2) is 8.19. The van der Waals surface area contributed by atoms with E-state index in [2.05, 4.69) is 0 Å². The minimum absolute atomic E-state index is 0.141. The van der Waals surface area contributed by atoms with Crippen molar-refractivity contribution in [3.63, 3.8) is 0 Å². The minimum atomic E-state index is -0.552. The maximum Gasteiger partial charge on any atom is 0.256 e. The van der Waals surface area contributed by atoms with Crippen molar-refractivity contribution in [2.24, 2.45) is 0 Å². The number of para-hydroxylation sites is 1. The zero-order chi connectivity index (χ0) is 19.6. The molecule has 7 heteroatoms. The molecule has 1 heterocycles. The van der Waals surface area contributed by atoms with E-state index in [0.717, 1.165) is 6.42 Å². The number of phenols is 1. The number of phenolic OH excluding ortho intramolecular Hbond substituents is 1. The van der Waals surface area contributed by atoms with Gasteiger partial charge in [-0.1, -0.05) is 41.4 Å². The van der Waals surface area contributed by atoms with E-state index in [0.29, 0.717) is 34.1 Å². The quantitative estimate of drug-likeness (QED) is 0.835. The van der Waals surface area contributed by atoms with Crippen LogP contribution in [-0.4, -0.2) is 46.4 Å². The molecule has 2 aromatic carbocycles. The SMILES string of the molecule is CN(Cc1ccccc1O)C(=O)C1CCCN1C(=O)c1cc(Cl)ccc1Cl. The summed E-state index contributed by atoms with van der Waals surface area (Å²) in [7, 11) is 1.67. The molecule has 142 valence electrons. The molecule has 3 rings (SSSR count). The molecule has 1 unspecified atom stereocenters. The number of amides is 2. The molecule has 0 aliphatic carbocycles. The highest BCUT2D eigenvalue weighted by Gasteiger charge is 2.36. The summed E-state index contributed by atoms with van der Waals surface area (Å²) < 4.78 is 0. The van der Waals surface area contributed by atoms with Crippen molar-refractivity contribution >= 4 is 35.0 Å². The van der Waals surface area contributed by atoms with Gasteiger partial charge >= 0.3 is 0 Å². The van der Waals surface area contributed by atoms with Crippen LogP contribution < -0.4 is 0 Å². The Morgan fingerprint density at radius 1 is 1.22 bits per heavy atom. The summed E-state index contributed by atoms with van der Waals surface area (Å²) in [5, 5.41) is 10.7. The van der Waals surface area contributed by atoms with Crippen molar-refractivity contribution in [1.82, 2.24) is 9.80 Å². The van der Waals surface area contributed by atoms with E-state index in [1.807, 2.05) is 0 Å². The van der Waals surface area contributed by atoms with Crippen molar-refractivity contribution in [2.45, 2.75) is 25.4 Å². The van der Waals surface area contributed by atoms with Gasteiger partial charge in [0.05, 0.1) is 10.6 Å². The number of rotatable bonds is 4. The first-order chi connectivity index (χ1) is 12.9. The van der Waals surface area contributed by atoms with E-state index < -0.39 is 6.04 Å². The average molecular weight is 407 g/mol. The third-order valence-electron chi connectivity index (χ3n) is 4.73. The first-order valence-electron chi connectivity index (χ1n) is 8.66. The predicted molar refractivity (Wildman–Crippen MR) is 105 cm³/mol. The molecule has 1 saturated heterocycles. The molecule has 0 spiro atoms. The molecule has 2 aromatic rings. The van der Waals surface area contributed by atoms with Crippen LogP contribution in [-0.2, 0) is 11.3 Å². The van der Waals surface area contributed by atoms with Crippen molar-refractivity contribution < 1.29 is 14.7 Å². The lowest BCUT2D eigenvalue weighted by Gasteiger charge is -2.28. The summed E-state index contributed by atoms with van der Waals surface area (Å²) in [6, 6.07) is 11.1. The Morgan fingerprint density at radius 2 is 1.96 bits per heavy atom. The molecule has 1 aliphatic rings. The second-order valence-electron chi connectivity index (χ2n) is 6.60. The van der Waals surface area contributed by atoms with Gasteiger partial charge in [-0.15, -0.1) is 0 Å². The van der Waals surface area contributed by atoms with Gasteiger partial charge in [-0.2, -0.15) is 0 Å². The number of likely N-dealkylation sites (N-methyl/N-ethyl adjacent to an activating group) is 1. The highest BCUT2D eigenvalue weighted by Crippen LogP contribution is 2.27. The average Bonchev–Trinajstić information content (AvgIpc) is 3.14. The van der Waals surface area contributed by atoms with Gasteiger partial charge in [0.2, 0.25) is 5.91 Å². The van der Waals surface area contributed by atoms with E-state index in [1.165, 1.54) is 11.0 Å². The van der Waals surface area contributed by atoms with E-state index >= 15 is 0 Å². The van der Waals surface area contributed by atoms with E-state index in [9.17, 15) is 14.7 Å². The summed E-state index contributed by atoms with van der Waals surface area (Å²) in [5.74, 6) is -0.321. The molecule has 0 aromatic heterocycles. The first kappa shape index (κ1) is 19.5. The minimum Gasteiger partial charge on any atom is -0.508 e. The summed E-state index contributed by atoms with van der Waals surface area (Å²) in [6.45, 7) is 0.754. The Hall–Kier alpha value is -2.24. The van der Waals surface area contributed by atoms with Gasteiger partial charge in [0, 0.05) is 30.7 Å². The van der Waals surface area contributed by atoms with Crippen LogP contribution in [0.1, 0.15) is 28.8 Å². The summed E-state index contributed by atoms with van der Waals surface area (Å²) >= 11 is 12.1. The van der Waals surface area contributed by atoms with Crippen LogP contribution in [0.4, 0.5) is 0 Å². The number of carbonyl (C=O) groups excluding carboxylic acids is 2. The summed E-state index contributed by atoms with van der Waals surface area (Å²) in [4.78, 5) is 29.0. The Labute approximate surface area is 168 Å². The van der Waals surface area contributed by atoms with Gasteiger partial charge in [-0.25, -0.2) is 0 Å². The van der Waals surface area contributed by atoms with Gasteiger partial charge in [0.25, 0.3) is 5.91 Å². The third kappa shape index (κ3) is 4.20. The van der Waals surface area contributed by atoms with Crippen molar-refractivity contribution in [3.05, 3.63) is 63.6 Å². The molecule has 5 nitrogen and oxygen atoms in total. The standard InChI is InChI=1S/C20H20Cl2N2O3/c1-23(12-13-5-2-3-7-18(13)25)20(27)17-6-4-10-24(17)19(26)15-11-14(21)8-9-16(15)22/h2-3,5,7-9,11,17,25H,4,6,10,12H2,1H3. The van der Waals surface area contributed by atoms with Gasteiger partial charge in [0.15, 0.2) is 0 Å². The number of hydrogen-bond acceptors (Lipinski definition) is 3. The van der Waals surface area contributed by atoms with Crippen LogP contribution in [0, 0.1) is 0 Å². The molecule has 1 fully saturated rings. The van der Waals surface area contributed by atoms with Crippen molar-refractivity contribution in [2.75, 3.05) is 13.6 Å². The second-order valence-corrected chi connectivity index (χ2v) is 7.45. The number of carbonyl (C=O) groups is 2. The zero-order valence-electron chi connectivity index (χ0n) is 14.9. The number of aromatic hydroxyl groups is 1. The Balaban J connectivity index is 1.77. The highest BCUT2D eigenvalue weighted by molar-refractivity contribution is 6.35. The van der Waals surface area contributed by atoms with Crippen LogP contribution in [0.25, 0.3) is 0 Å². The fourth-order valence-corrected chi connectivity index (χ4v) is 3.69. The zero-order valence-corrected chi connectivity index (χ0v) is 16.4. The maximum absolute atomic E-state index is 13.0. The smallest absolute Gasteiger partial charge is 0.256 e. The number of nitrogens with zero attached hydrogens (tertiary/aromatic N) is 2. The van der Waals surface area contributed by atoms with Crippen LogP contribution >= 0.6 is 23.2 Å². The molecule has 0 bridgehead atoms. The summed E-state index contributed by atoms with van der Waals surface area (Å²) in [5.41, 5.74) is 0.953. The Kier molecular flexibility index (Phi) is 5.92. The first-order valence-corrected chi connectivity index (χ1v) is 9.42. The number of hydrogen-bond donors (Lipinski definition) is 1. The number of likely N-dealkylation sites (tertiary alicyclic amines) is 1. The monoisotopic (exact) mass is 406 g/mol. The van der Waals surface area contributed by atoms with Crippen molar-refractivity contribution in [1.29, 1.82) is 0 Å². The molecule has 0 saturated carbocycles. The predicted octanol–water partition coefficient (Wildman–Crippen LogP) is 3.96. The number of halogens is 2. The molecular formula is C20H20Cl2N2O3. The normalized spacial score (nSPS) is 16.4. The van der Waals surface area contributed by atoms with Crippen LogP contribution in [0.2, 0.25) is 10.0 Å². The largest absolute Gasteiger partial charge is 0.508 e. The van der Waals surface area contributed by atoms with Crippen LogP contribution in [0.15, 0.2) is 42.5 Å². The van der Waals surface area contributed by atoms with Gasteiger partial charge in [-0.05, 0) is 37.1 Å². The molecule has 27 heavy (non-hydrogen) atoms. The van der Waals surface area contributed by atoms with Crippen molar-refractivity contribution in [3.8, 4) is 5.75 Å². The molecule has 1 aliphatic heterocycles. The van der Waals surface area contributed by atoms with E-state index in [4.69, 9.17) is 23.2 Å². The van der Waals surface area contributed by atoms with Crippen LogP contribution in [0.5, 0.6) is 5.75 Å². The topological polar surface area (TPSA) is 60.9 Å². The maximum atomic E-state index is 13.0. The lowest BCUT2D eigenvalue weighted by atomic mass is 10.1. The van der Waals surface area contributed by atoms with Gasteiger partial charge < -0.3 is 14.9 Å². The molecule has 0 radical (unpaired) electrons. The fourth-order valence-electron chi connectivity index (χ4n) is 3.31. The van der Waals surface area contributed by atoms with E-state index in [1.54, 1.807) is 48.3 Å². The lowest BCUT2D eigenvalue weighted by molar-refractivity contribution is -0.134. The van der Waals surface area contributed by atoms with Crippen LogP contribution in [0.3, 0.4) is 0 Å². The van der Waals surface area contributed by atoms with E-state index in [-0.39, 0.29) is 24.1 Å². The number of benzene rings is 2. The molecule has 1 atom stereocenters. The third-order valence-corrected chi connectivity index (χ3v) is 5.30. The van der Waals surface area contributed by atoms with Gasteiger partial charge in [-0.3, -0.25) is 9.59 Å². The Morgan fingerprint density at radius 3 is 2.70 bits per heavy atom. The molecule has 2 amide bonds. The highest BCUT2D eigenvalue weighted by atomic mass is 35.5. The fraction of sp³-hybridized carbons (Fsp3) is 0.300. The summed E-state index contributed by atoms with van der Waals surface area (Å²) in [6.07, 6.45) is 1.33. The Bertz CT molecular complexity index is 872. The van der Waals surface area contributed by atoms with Gasteiger partial charge in [0.1, 0.15) is 11.8 Å².